The molecule has 2 aliphatic heterocycles. The van der Waals surface area contributed by atoms with Crippen molar-refractivity contribution in [2.75, 3.05) is 43.2 Å². The molecule has 2 bridgehead atoms. The van der Waals surface area contributed by atoms with Crippen LogP contribution in [0.15, 0.2) is 40.8 Å². The first-order valence-corrected chi connectivity index (χ1v) is 18.5. The van der Waals surface area contributed by atoms with E-state index in [0.29, 0.717) is 30.4 Å². The summed E-state index contributed by atoms with van der Waals surface area (Å²) >= 11 is 0. The molecule has 2 aromatic carbocycles. The highest BCUT2D eigenvalue weighted by molar-refractivity contribution is 7.94. The second-order valence-electron chi connectivity index (χ2n) is 13.7. The van der Waals surface area contributed by atoms with E-state index in [4.69, 9.17) is 9.47 Å². The van der Waals surface area contributed by atoms with Crippen molar-refractivity contribution in [1.29, 1.82) is 0 Å². The zero-order chi connectivity index (χ0) is 30.9. The first kappa shape index (κ1) is 31.3. The Morgan fingerprint density at radius 1 is 1.11 bits per heavy atom. The summed E-state index contributed by atoms with van der Waals surface area (Å²) in [5, 5.41) is 0. The van der Waals surface area contributed by atoms with Gasteiger partial charge in [-0.3, -0.25) is 9.59 Å². The lowest BCUT2D eigenvalue weighted by Gasteiger charge is -2.46. The predicted octanol–water partition coefficient (Wildman–Crippen LogP) is 6.67. The van der Waals surface area contributed by atoms with Crippen LogP contribution in [0.5, 0.6) is 5.75 Å². The molecule has 5 atom stereocenters. The van der Waals surface area contributed by atoms with Crippen LogP contribution in [0.1, 0.15) is 91.8 Å². The SMILES string of the molecule is CCC(=O)C[S@]1(=O)=NC(=O)c2ccc3c(c2)N(C[C@@H]2CC[C@H]2[C@@H](OC)CCCCC1)C[C@@]1(CCCc2cc(C)ccc21)CO3. The van der Waals surface area contributed by atoms with Crippen LogP contribution in [0.3, 0.4) is 0 Å². The van der Waals surface area contributed by atoms with E-state index in [-0.39, 0.29) is 35.2 Å². The van der Waals surface area contributed by atoms with Crippen molar-refractivity contribution in [2.45, 2.75) is 89.6 Å². The predicted molar refractivity (Wildman–Crippen MR) is 175 cm³/mol. The van der Waals surface area contributed by atoms with Crippen LogP contribution in [-0.4, -0.2) is 60.3 Å². The van der Waals surface area contributed by atoms with Gasteiger partial charge in [-0.2, -0.15) is 4.36 Å². The quantitative estimate of drug-likeness (QED) is 0.380. The Balaban J connectivity index is 1.43. The van der Waals surface area contributed by atoms with E-state index in [2.05, 4.69) is 34.4 Å². The molecule has 44 heavy (non-hydrogen) atoms. The summed E-state index contributed by atoms with van der Waals surface area (Å²) in [7, 11) is -1.17. The number of carbonyl (C=O) groups is 2. The monoisotopic (exact) mass is 620 g/mol. The number of hydrogen-bond donors (Lipinski definition) is 0. The number of Topliss-reactive ketones (excluding diaryl/α,β-unsaturated/α-hetero) is 1. The summed E-state index contributed by atoms with van der Waals surface area (Å²) in [4.78, 5) is 28.5. The van der Waals surface area contributed by atoms with Gasteiger partial charge in [-0.15, -0.1) is 0 Å². The minimum absolute atomic E-state index is 0.119. The van der Waals surface area contributed by atoms with Gasteiger partial charge in [-0.05, 0) is 93.0 Å². The average Bonchev–Trinajstić information content (AvgIpc) is 3.14. The lowest BCUT2D eigenvalue weighted by Crippen LogP contribution is -2.49. The second kappa shape index (κ2) is 13.0. The van der Waals surface area contributed by atoms with Crippen molar-refractivity contribution >= 4 is 27.1 Å². The van der Waals surface area contributed by atoms with Crippen molar-refractivity contribution in [3.05, 3.63) is 58.7 Å². The van der Waals surface area contributed by atoms with Crippen LogP contribution in [0.2, 0.25) is 0 Å². The van der Waals surface area contributed by atoms with E-state index in [9.17, 15) is 13.8 Å². The molecule has 2 heterocycles. The van der Waals surface area contributed by atoms with Gasteiger partial charge in [0.25, 0.3) is 5.91 Å². The lowest BCUT2D eigenvalue weighted by molar-refractivity contribution is -0.116. The highest BCUT2D eigenvalue weighted by atomic mass is 32.2. The number of anilines is 1. The molecule has 7 nitrogen and oxygen atoms in total. The smallest absolute Gasteiger partial charge is 0.285 e. The first-order chi connectivity index (χ1) is 21.2. The molecular formula is C36H48N2O5S. The molecule has 1 amide bonds. The topological polar surface area (TPSA) is 85.3 Å². The third-order valence-corrected chi connectivity index (χ3v) is 12.9. The van der Waals surface area contributed by atoms with E-state index in [1.165, 1.54) is 23.1 Å². The zero-order valence-electron chi connectivity index (χ0n) is 26.6. The maximum atomic E-state index is 13.9. The molecule has 6 rings (SSSR count). The molecule has 1 fully saturated rings. The number of aryl methyl sites for hydroxylation is 2. The molecular weight excluding hydrogens is 572 g/mol. The molecule has 2 aromatic rings. The number of benzene rings is 2. The highest BCUT2D eigenvalue weighted by Gasteiger charge is 2.44. The second-order valence-corrected chi connectivity index (χ2v) is 16.1. The number of methoxy groups -OCH3 is 1. The summed E-state index contributed by atoms with van der Waals surface area (Å²) in [6.45, 7) is 6.20. The molecule has 0 aromatic heterocycles. The number of hydrogen-bond acceptors (Lipinski definition) is 6. The Morgan fingerprint density at radius 2 is 1.98 bits per heavy atom. The van der Waals surface area contributed by atoms with Gasteiger partial charge >= 0.3 is 0 Å². The van der Waals surface area contributed by atoms with Crippen molar-refractivity contribution in [3.8, 4) is 5.75 Å². The summed E-state index contributed by atoms with van der Waals surface area (Å²) in [6.07, 6.45) is 9.55. The van der Waals surface area contributed by atoms with Crippen LogP contribution < -0.4 is 9.64 Å². The lowest BCUT2D eigenvalue weighted by atomic mass is 9.68. The van der Waals surface area contributed by atoms with Crippen LogP contribution in [0.4, 0.5) is 5.69 Å². The van der Waals surface area contributed by atoms with Crippen LogP contribution in [0, 0.1) is 18.8 Å². The number of fused-ring (bicyclic) bond motifs is 4. The Morgan fingerprint density at radius 3 is 2.75 bits per heavy atom. The fourth-order valence-electron chi connectivity index (χ4n) is 8.07. The van der Waals surface area contributed by atoms with Gasteiger partial charge in [0.05, 0.1) is 33.9 Å². The van der Waals surface area contributed by atoms with Crippen molar-refractivity contribution in [1.82, 2.24) is 0 Å². The molecule has 0 saturated heterocycles. The fourth-order valence-corrected chi connectivity index (χ4v) is 10.1. The molecule has 8 heteroatoms. The van der Waals surface area contributed by atoms with Crippen LogP contribution in [-0.2, 0) is 31.1 Å². The van der Waals surface area contributed by atoms with Gasteiger partial charge in [0, 0.05) is 43.4 Å². The van der Waals surface area contributed by atoms with Crippen molar-refractivity contribution in [3.63, 3.8) is 0 Å². The molecule has 2 aliphatic carbocycles. The first-order valence-electron chi connectivity index (χ1n) is 16.7. The van der Waals surface area contributed by atoms with E-state index in [1.54, 1.807) is 13.0 Å². The van der Waals surface area contributed by atoms with Gasteiger partial charge in [0.2, 0.25) is 0 Å². The maximum absolute atomic E-state index is 13.9. The number of amides is 1. The normalized spacial score (nSPS) is 30.7. The van der Waals surface area contributed by atoms with Crippen LogP contribution in [0.25, 0.3) is 0 Å². The summed E-state index contributed by atoms with van der Waals surface area (Å²) in [6, 6.07) is 12.4. The molecule has 4 aliphatic rings. The number of carbonyl (C=O) groups excluding carboxylic acids is 2. The van der Waals surface area contributed by atoms with E-state index in [1.807, 2.05) is 19.2 Å². The van der Waals surface area contributed by atoms with Gasteiger partial charge < -0.3 is 14.4 Å². The Labute approximate surface area is 263 Å². The molecule has 0 unspecified atom stereocenters. The van der Waals surface area contributed by atoms with Gasteiger partial charge in [-0.25, -0.2) is 4.21 Å². The molecule has 1 saturated carbocycles. The standard InChI is InChI=1S/C36H48N2O5S/c1-4-29(39)22-44(41)18-7-5-6-10-33(42-3)30-14-12-28(30)21-38-23-36(17-8-9-26-19-25(2)11-15-31(26)36)24-43-34-16-13-27(20-32(34)38)35(40)37-44/h11,13,15-16,19-20,28,30,33H,4-10,12,14,17-18,21-24H2,1-3H3/t28-,30+,33-,36-,44-/m0/s1. The maximum Gasteiger partial charge on any atom is 0.285 e. The zero-order valence-corrected chi connectivity index (χ0v) is 27.5. The fraction of sp³-hybridized carbons (Fsp3) is 0.611. The van der Waals surface area contributed by atoms with Crippen LogP contribution >= 0.6 is 0 Å². The van der Waals surface area contributed by atoms with Gasteiger partial charge in [0.1, 0.15) is 11.5 Å². The largest absolute Gasteiger partial charge is 0.490 e. The third-order valence-electron chi connectivity index (χ3n) is 10.7. The third kappa shape index (κ3) is 6.34. The Hall–Kier alpha value is -2.71. The molecule has 0 radical (unpaired) electrons. The molecule has 238 valence electrons. The summed E-state index contributed by atoms with van der Waals surface area (Å²) in [5.41, 5.74) is 5.26. The minimum Gasteiger partial charge on any atom is -0.490 e. The minimum atomic E-state index is -3.01. The molecule has 0 N–H and O–H groups in total. The number of rotatable bonds is 4. The number of ether oxygens (including phenoxy) is 2. The number of nitrogens with zero attached hydrogens (tertiary/aromatic N) is 2. The Kier molecular flexibility index (Phi) is 9.21. The summed E-state index contributed by atoms with van der Waals surface area (Å²) in [5.74, 6) is 1.23. The van der Waals surface area contributed by atoms with Gasteiger partial charge in [-0.1, -0.05) is 43.5 Å². The number of ketones is 1. The van der Waals surface area contributed by atoms with Gasteiger partial charge in [0.15, 0.2) is 0 Å². The van der Waals surface area contributed by atoms with Crippen molar-refractivity contribution < 1.29 is 23.3 Å². The van der Waals surface area contributed by atoms with E-state index in [0.717, 1.165) is 69.5 Å². The van der Waals surface area contributed by atoms with Crippen molar-refractivity contribution in [2.24, 2.45) is 16.2 Å². The summed E-state index contributed by atoms with van der Waals surface area (Å²) < 4.78 is 31.0. The van der Waals surface area contributed by atoms with E-state index < -0.39 is 15.6 Å². The Bertz CT molecular complexity index is 1530. The van der Waals surface area contributed by atoms with E-state index >= 15 is 0 Å². The average molecular weight is 621 g/mol. The highest BCUT2D eigenvalue weighted by Crippen LogP contribution is 2.47. The molecule has 1 spiro atoms.